The Bertz CT molecular complexity index is 723. The summed E-state index contributed by atoms with van der Waals surface area (Å²) in [5, 5.41) is 3.56. The molecule has 0 aliphatic carbocycles. The summed E-state index contributed by atoms with van der Waals surface area (Å²) >= 11 is 1.36. The Hall–Kier alpha value is -1.80. The summed E-state index contributed by atoms with van der Waals surface area (Å²) in [7, 11) is 0. The number of hydrogen-bond donors (Lipinski definition) is 0. The Morgan fingerprint density at radius 3 is 2.67 bits per heavy atom. The first-order chi connectivity index (χ1) is 12.8. The van der Waals surface area contributed by atoms with Crippen LogP contribution in [-0.4, -0.2) is 48.5 Å². The van der Waals surface area contributed by atoms with Gasteiger partial charge in [0.2, 0.25) is 0 Å². The van der Waals surface area contributed by atoms with E-state index in [9.17, 15) is 9.18 Å². The molecule has 3 rings (SSSR count). The minimum absolute atomic E-state index is 0.236. The molecule has 1 aromatic rings. The van der Waals surface area contributed by atoms with Crippen LogP contribution in [0.2, 0.25) is 0 Å². The van der Waals surface area contributed by atoms with E-state index in [0.717, 1.165) is 4.90 Å². The van der Waals surface area contributed by atoms with Gasteiger partial charge in [-0.05, 0) is 38.4 Å². The van der Waals surface area contributed by atoms with E-state index in [0.29, 0.717) is 0 Å². The van der Waals surface area contributed by atoms with Crippen molar-refractivity contribution in [3.63, 3.8) is 0 Å². The van der Waals surface area contributed by atoms with E-state index >= 15 is 0 Å². The van der Waals surface area contributed by atoms with Crippen molar-refractivity contribution in [1.82, 2.24) is 0 Å². The molecule has 0 unspecified atom stereocenters. The van der Waals surface area contributed by atoms with Crippen molar-refractivity contribution in [2.24, 2.45) is 10.5 Å². The lowest BCUT2D eigenvalue weighted by Crippen LogP contribution is -2.52. The number of carbonyl (C=O) groups is 1. The first-order valence-electron chi connectivity index (χ1n) is 8.69. The number of esters is 1. The van der Waals surface area contributed by atoms with Crippen molar-refractivity contribution in [3.05, 3.63) is 40.8 Å². The number of azide groups is 1. The summed E-state index contributed by atoms with van der Waals surface area (Å²) in [5.41, 5.74) is 7.47. The van der Waals surface area contributed by atoms with Crippen LogP contribution in [0.4, 0.5) is 4.39 Å². The lowest BCUT2D eigenvalue weighted by molar-refractivity contribution is -0.168. The molecular formula is C18H22FN3O4S. The molecular weight excluding hydrogens is 373 g/mol. The van der Waals surface area contributed by atoms with Crippen molar-refractivity contribution in [1.29, 1.82) is 0 Å². The normalized spacial score (nSPS) is 33.0. The highest BCUT2D eigenvalue weighted by Gasteiger charge is 2.55. The van der Waals surface area contributed by atoms with Crippen LogP contribution in [0, 0.1) is 5.41 Å². The van der Waals surface area contributed by atoms with E-state index in [1.165, 1.54) is 11.8 Å². The molecule has 2 heterocycles. The number of alkyl halides is 1. The highest BCUT2D eigenvalue weighted by atomic mass is 32.2. The highest BCUT2D eigenvalue weighted by molar-refractivity contribution is 7.99. The maximum absolute atomic E-state index is 14.2. The average Bonchev–Trinajstić information content (AvgIpc) is 2.95. The minimum Gasteiger partial charge on any atom is -0.455 e. The summed E-state index contributed by atoms with van der Waals surface area (Å²) in [6, 6.07) is 8.45. The summed E-state index contributed by atoms with van der Waals surface area (Å²) in [6.45, 7) is 5.03. The number of rotatable bonds is 4. The quantitative estimate of drug-likeness (QED) is 0.334. The van der Waals surface area contributed by atoms with Crippen molar-refractivity contribution >= 4 is 17.7 Å². The molecule has 1 aromatic carbocycles. The molecule has 0 radical (unpaired) electrons. The van der Waals surface area contributed by atoms with Gasteiger partial charge in [0, 0.05) is 9.81 Å². The fourth-order valence-electron chi connectivity index (χ4n) is 2.97. The van der Waals surface area contributed by atoms with Gasteiger partial charge < -0.3 is 14.2 Å². The number of nitrogens with zero attached hydrogens (tertiary/aromatic N) is 3. The fraction of sp³-hybridized carbons (Fsp3) is 0.611. The Labute approximate surface area is 161 Å². The van der Waals surface area contributed by atoms with E-state index in [1.54, 1.807) is 20.8 Å². The van der Waals surface area contributed by atoms with Crippen molar-refractivity contribution in [3.8, 4) is 0 Å². The zero-order valence-electron chi connectivity index (χ0n) is 15.3. The van der Waals surface area contributed by atoms with Crippen LogP contribution in [0.3, 0.4) is 0 Å². The summed E-state index contributed by atoms with van der Waals surface area (Å²) < 4.78 is 31.5. The third kappa shape index (κ3) is 4.38. The van der Waals surface area contributed by atoms with E-state index in [2.05, 4.69) is 10.0 Å². The zero-order chi connectivity index (χ0) is 19.6. The van der Waals surface area contributed by atoms with Crippen molar-refractivity contribution in [2.45, 2.75) is 61.6 Å². The third-order valence-corrected chi connectivity index (χ3v) is 5.55. The second-order valence-electron chi connectivity index (χ2n) is 7.53. The van der Waals surface area contributed by atoms with Gasteiger partial charge in [-0.25, -0.2) is 4.39 Å². The van der Waals surface area contributed by atoms with Crippen LogP contribution in [0.25, 0.3) is 10.4 Å². The summed E-state index contributed by atoms with van der Waals surface area (Å²) in [4.78, 5) is 16.1. The molecule has 0 N–H and O–H groups in total. The molecule has 7 nitrogen and oxygen atoms in total. The summed E-state index contributed by atoms with van der Waals surface area (Å²) in [5.74, 6) is -0.401. The molecule has 0 aromatic heterocycles. The smallest absolute Gasteiger partial charge is 0.311 e. The standard InChI is InChI=1S/C18H22FN3O4S/c1-18(2,3)17(23)26-15-14-13(12(21-22-20)11(19)9-24-14)25-16(15)27-10-7-5-4-6-8-10/h4-8,11-16H,9H2,1-3H3/t11-,12-,13-,14-,15-,16-/m1/s1. The Morgan fingerprint density at radius 1 is 1.33 bits per heavy atom. The van der Waals surface area contributed by atoms with Gasteiger partial charge in [-0.1, -0.05) is 35.1 Å². The molecule has 0 spiro atoms. The maximum Gasteiger partial charge on any atom is 0.311 e. The second kappa shape index (κ2) is 8.06. The van der Waals surface area contributed by atoms with E-state index in [-0.39, 0.29) is 6.61 Å². The van der Waals surface area contributed by atoms with Crippen LogP contribution in [0.15, 0.2) is 40.3 Å². The van der Waals surface area contributed by atoms with Crippen LogP contribution in [0.5, 0.6) is 0 Å². The predicted molar refractivity (Wildman–Crippen MR) is 97.9 cm³/mol. The Balaban J connectivity index is 1.87. The lowest BCUT2D eigenvalue weighted by atomic mass is 9.96. The van der Waals surface area contributed by atoms with E-state index in [1.807, 2.05) is 30.3 Å². The monoisotopic (exact) mass is 395 g/mol. The first-order valence-corrected chi connectivity index (χ1v) is 9.57. The fourth-order valence-corrected chi connectivity index (χ4v) is 4.08. The van der Waals surface area contributed by atoms with Crippen LogP contribution < -0.4 is 0 Å². The summed E-state index contributed by atoms with van der Waals surface area (Å²) in [6.07, 6.45) is -3.72. The Morgan fingerprint density at radius 2 is 2.04 bits per heavy atom. The molecule has 0 amide bonds. The van der Waals surface area contributed by atoms with E-state index in [4.69, 9.17) is 19.7 Å². The molecule has 146 valence electrons. The van der Waals surface area contributed by atoms with Gasteiger partial charge >= 0.3 is 5.97 Å². The zero-order valence-corrected chi connectivity index (χ0v) is 16.1. The number of halogens is 1. The first kappa shape index (κ1) is 19.9. The molecule has 2 fully saturated rings. The molecule has 2 saturated heterocycles. The molecule has 2 aliphatic heterocycles. The highest BCUT2D eigenvalue weighted by Crippen LogP contribution is 2.42. The number of carbonyl (C=O) groups excluding carboxylic acids is 1. The number of fused-ring (bicyclic) bond motifs is 1. The maximum atomic E-state index is 14.2. The second-order valence-corrected chi connectivity index (χ2v) is 8.70. The van der Waals surface area contributed by atoms with Gasteiger partial charge in [-0.2, -0.15) is 0 Å². The largest absolute Gasteiger partial charge is 0.455 e. The SMILES string of the molecule is CC(C)(C)C(=O)O[C@@H]1[C@@H]2OC[C@@H](F)[C@@H](N=[N+]=[N-])[C@H]2O[C@@H]1Sc1ccccc1. The number of benzene rings is 1. The average molecular weight is 395 g/mol. The molecule has 27 heavy (non-hydrogen) atoms. The van der Waals surface area contributed by atoms with Gasteiger partial charge in [-0.3, -0.25) is 4.79 Å². The predicted octanol–water partition coefficient (Wildman–Crippen LogP) is 3.88. The molecule has 0 saturated carbocycles. The third-order valence-electron chi connectivity index (χ3n) is 4.40. The van der Waals surface area contributed by atoms with Crippen LogP contribution in [-0.2, 0) is 19.0 Å². The Kier molecular flexibility index (Phi) is 5.95. The van der Waals surface area contributed by atoms with Crippen LogP contribution in [0.1, 0.15) is 20.8 Å². The van der Waals surface area contributed by atoms with Gasteiger partial charge in [0.1, 0.15) is 23.8 Å². The lowest BCUT2D eigenvalue weighted by Gasteiger charge is -2.34. The number of hydrogen-bond acceptors (Lipinski definition) is 6. The molecule has 9 heteroatoms. The van der Waals surface area contributed by atoms with Gasteiger partial charge in [0.05, 0.1) is 18.1 Å². The topological polar surface area (TPSA) is 93.5 Å². The minimum atomic E-state index is -1.47. The van der Waals surface area contributed by atoms with Crippen LogP contribution >= 0.6 is 11.8 Å². The molecule has 0 bridgehead atoms. The molecule has 6 atom stereocenters. The van der Waals surface area contributed by atoms with Gasteiger partial charge in [0.25, 0.3) is 0 Å². The van der Waals surface area contributed by atoms with Gasteiger partial charge in [0.15, 0.2) is 6.10 Å². The molecule has 2 aliphatic rings. The van der Waals surface area contributed by atoms with Crippen molar-refractivity contribution < 1.29 is 23.4 Å². The van der Waals surface area contributed by atoms with Gasteiger partial charge in [-0.15, -0.1) is 0 Å². The number of thioether (sulfide) groups is 1. The number of ether oxygens (including phenoxy) is 3. The van der Waals surface area contributed by atoms with Crippen molar-refractivity contribution in [2.75, 3.05) is 6.61 Å². The van der Waals surface area contributed by atoms with E-state index < -0.39 is 47.3 Å².